The van der Waals surface area contributed by atoms with Gasteiger partial charge in [-0.05, 0) is 36.1 Å². The lowest BCUT2D eigenvalue weighted by molar-refractivity contribution is -0.118. The van der Waals surface area contributed by atoms with Gasteiger partial charge in [-0.1, -0.05) is 48.9 Å². The van der Waals surface area contributed by atoms with Crippen LogP contribution in [0.15, 0.2) is 42.5 Å². The molecule has 1 amide bonds. The van der Waals surface area contributed by atoms with Crippen LogP contribution in [-0.4, -0.2) is 18.6 Å². The molecule has 1 aliphatic rings. The van der Waals surface area contributed by atoms with Crippen molar-refractivity contribution in [3.8, 4) is 5.75 Å². The smallest absolute Gasteiger partial charge is 0.241 e. The fourth-order valence-corrected chi connectivity index (χ4v) is 3.05. The van der Waals surface area contributed by atoms with Crippen LogP contribution in [0, 0.1) is 0 Å². The van der Waals surface area contributed by atoms with Crippen LogP contribution in [0.25, 0.3) is 0 Å². The second kappa shape index (κ2) is 7.69. The van der Waals surface area contributed by atoms with E-state index < -0.39 is 0 Å². The number of halogens is 1. The molecule has 0 saturated carbocycles. The molecule has 0 bridgehead atoms. The van der Waals surface area contributed by atoms with Crippen molar-refractivity contribution >= 4 is 23.2 Å². The second-order valence-corrected chi connectivity index (χ2v) is 6.27. The molecule has 2 N–H and O–H groups in total. The molecule has 0 aliphatic carbocycles. The molecule has 4 nitrogen and oxygen atoms in total. The summed E-state index contributed by atoms with van der Waals surface area (Å²) in [6.07, 6.45) is 1.55. The number of hydrogen-bond acceptors (Lipinski definition) is 3. The number of hydrogen-bond donors (Lipinski definition) is 2. The Morgan fingerprint density at radius 3 is 2.83 bits per heavy atom. The number of anilines is 1. The van der Waals surface area contributed by atoms with Gasteiger partial charge < -0.3 is 15.4 Å². The van der Waals surface area contributed by atoms with Gasteiger partial charge in [0.25, 0.3) is 0 Å². The molecule has 5 heteroatoms. The van der Waals surface area contributed by atoms with Gasteiger partial charge in [0.2, 0.25) is 5.91 Å². The minimum Gasteiger partial charge on any atom is -0.490 e. The van der Waals surface area contributed by atoms with Gasteiger partial charge in [-0.15, -0.1) is 0 Å². The van der Waals surface area contributed by atoms with Gasteiger partial charge in [0.1, 0.15) is 0 Å². The van der Waals surface area contributed by atoms with Crippen molar-refractivity contribution in [3.05, 3.63) is 58.6 Å². The maximum Gasteiger partial charge on any atom is 0.241 e. The van der Waals surface area contributed by atoms with Crippen LogP contribution in [0.4, 0.5) is 5.69 Å². The van der Waals surface area contributed by atoms with Crippen LogP contribution in [-0.2, 0) is 17.8 Å². The largest absolute Gasteiger partial charge is 0.490 e. The molecular weight excluding hydrogens is 324 g/mol. The first-order valence-corrected chi connectivity index (χ1v) is 8.59. The lowest BCUT2D eigenvalue weighted by Gasteiger charge is -2.25. The zero-order valence-electron chi connectivity index (χ0n) is 13.6. The topological polar surface area (TPSA) is 50.4 Å². The molecule has 2 aromatic rings. The average molecular weight is 345 g/mol. The predicted molar refractivity (Wildman–Crippen MR) is 96.6 cm³/mol. The molecule has 0 unspecified atom stereocenters. The fourth-order valence-electron chi connectivity index (χ4n) is 2.82. The molecule has 0 saturated heterocycles. The van der Waals surface area contributed by atoms with Gasteiger partial charge in [0.15, 0.2) is 5.75 Å². The van der Waals surface area contributed by atoms with Crippen molar-refractivity contribution in [1.82, 2.24) is 5.32 Å². The quantitative estimate of drug-likeness (QED) is 0.867. The molecule has 0 aromatic heterocycles. The van der Waals surface area contributed by atoms with Crippen LogP contribution in [0.3, 0.4) is 0 Å². The van der Waals surface area contributed by atoms with Gasteiger partial charge in [-0.3, -0.25) is 4.79 Å². The highest BCUT2D eigenvalue weighted by Crippen LogP contribution is 2.33. The van der Waals surface area contributed by atoms with E-state index in [1.165, 1.54) is 11.1 Å². The number of rotatable bonds is 5. The zero-order valence-corrected chi connectivity index (χ0v) is 14.4. The highest BCUT2D eigenvalue weighted by Gasteiger charge is 2.24. The minimum atomic E-state index is -0.266. The van der Waals surface area contributed by atoms with Crippen molar-refractivity contribution in [2.45, 2.75) is 32.4 Å². The molecule has 126 valence electrons. The number of carbonyl (C=O) groups excluding carboxylic acids is 1. The fraction of sp³-hybridized carbons (Fsp3) is 0.316. The first kappa shape index (κ1) is 16.8. The van der Waals surface area contributed by atoms with Gasteiger partial charge in [0, 0.05) is 6.54 Å². The summed E-state index contributed by atoms with van der Waals surface area (Å²) in [7, 11) is 0. The maximum absolute atomic E-state index is 12.6. The third-order valence-corrected chi connectivity index (χ3v) is 4.37. The van der Waals surface area contributed by atoms with Crippen LogP contribution < -0.4 is 15.4 Å². The molecule has 24 heavy (non-hydrogen) atoms. The number of benzene rings is 2. The van der Waals surface area contributed by atoms with E-state index in [9.17, 15) is 4.79 Å². The third kappa shape index (κ3) is 3.71. The van der Waals surface area contributed by atoms with E-state index in [2.05, 4.69) is 22.8 Å². The Hall–Kier alpha value is -2.04. The molecule has 1 aliphatic heterocycles. The number of ether oxygens (including phenoxy) is 1. The molecule has 0 spiro atoms. The van der Waals surface area contributed by atoms with Crippen molar-refractivity contribution in [2.24, 2.45) is 0 Å². The van der Waals surface area contributed by atoms with Crippen LogP contribution in [0.2, 0.25) is 5.02 Å². The summed E-state index contributed by atoms with van der Waals surface area (Å²) in [4.78, 5) is 12.6. The summed E-state index contributed by atoms with van der Waals surface area (Å²) in [5, 5.41) is 6.74. The Labute approximate surface area is 147 Å². The Morgan fingerprint density at radius 2 is 2.04 bits per heavy atom. The summed E-state index contributed by atoms with van der Waals surface area (Å²) in [6, 6.07) is 13.3. The molecule has 1 heterocycles. The highest BCUT2D eigenvalue weighted by atomic mass is 35.5. The number of fused-ring (bicyclic) bond motifs is 1. The number of para-hydroxylation sites is 1. The molecule has 0 radical (unpaired) electrons. The predicted octanol–water partition coefficient (Wildman–Crippen LogP) is 3.78. The normalized spacial score (nSPS) is 16.3. The SMILES string of the molecule is CCCOc1c(Cl)cccc1NC(=O)[C@H]1Cc2ccccc2CN1. The maximum atomic E-state index is 12.6. The number of amides is 1. The second-order valence-electron chi connectivity index (χ2n) is 5.86. The standard InChI is InChI=1S/C19H21ClN2O2/c1-2-10-24-18-15(20)8-5-9-16(18)22-19(23)17-11-13-6-3-4-7-14(13)12-21-17/h3-9,17,21H,2,10-12H2,1H3,(H,22,23)/t17-/m1/s1. The van der Waals surface area contributed by atoms with Crippen LogP contribution in [0.5, 0.6) is 5.75 Å². The first-order chi connectivity index (χ1) is 11.7. The van der Waals surface area contributed by atoms with E-state index in [-0.39, 0.29) is 11.9 Å². The van der Waals surface area contributed by atoms with E-state index in [1.54, 1.807) is 12.1 Å². The van der Waals surface area contributed by atoms with E-state index in [0.717, 1.165) is 6.42 Å². The van der Waals surface area contributed by atoms with Gasteiger partial charge in [-0.2, -0.15) is 0 Å². The van der Waals surface area contributed by atoms with Crippen molar-refractivity contribution in [3.63, 3.8) is 0 Å². The zero-order chi connectivity index (χ0) is 16.9. The monoisotopic (exact) mass is 344 g/mol. The Balaban J connectivity index is 1.73. The van der Waals surface area contributed by atoms with Crippen LogP contribution >= 0.6 is 11.6 Å². The van der Waals surface area contributed by atoms with Crippen molar-refractivity contribution in [1.29, 1.82) is 0 Å². The lowest BCUT2D eigenvalue weighted by Crippen LogP contribution is -2.44. The molecule has 3 rings (SSSR count). The van der Waals surface area contributed by atoms with Gasteiger partial charge >= 0.3 is 0 Å². The Morgan fingerprint density at radius 1 is 1.25 bits per heavy atom. The van der Waals surface area contributed by atoms with Crippen molar-refractivity contribution in [2.75, 3.05) is 11.9 Å². The molecule has 2 aromatic carbocycles. The molecule has 0 fully saturated rings. The minimum absolute atomic E-state index is 0.0758. The average Bonchev–Trinajstić information content (AvgIpc) is 2.61. The summed E-state index contributed by atoms with van der Waals surface area (Å²) in [5.41, 5.74) is 3.07. The van der Waals surface area contributed by atoms with E-state index in [0.29, 0.717) is 36.0 Å². The van der Waals surface area contributed by atoms with Crippen LogP contribution in [0.1, 0.15) is 24.5 Å². The summed E-state index contributed by atoms with van der Waals surface area (Å²) >= 11 is 6.21. The van der Waals surface area contributed by atoms with Crippen molar-refractivity contribution < 1.29 is 9.53 Å². The molecule has 1 atom stereocenters. The van der Waals surface area contributed by atoms with E-state index in [1.807, 2.05) is 25.1 Å². The summed E-state index contributed by atoms with van der Waals surface area (Å²) in [5.74, 6) is 0.457. The summed E-state index contributed by atoms with van der Waals surface area (Å²) < 4.78 is 5.69. The van der Waals surface area contributed by atoms with Gasteiger partial charge in [-0.25, -0.2) is 0 Å². The summed E-state index contributed by atoms with van der Waals surface area (Å²) in [6.45, 7) is 3.28. The highest BCUT2D eigenvalue weighted by molar-refractivity contribution is 6.32. The molecular formula is C19H21ClN2O2. The Bertz CT molecular complexity index is 733. The first-order valence-electron chi connectivity index (χ1n) is 8.21. The van der Waals surface area contributed by atoms with E-state index in [4.69, 9.17) is 16.3 Å². The number of nitrogens with one attached hydrogen (secondary N) is 2. The third-order valence-electron chi connectivity index (χ3n) is 4.07. The lowest BCUT2D eigenvalue weighted by atomic mass is 9.95. The van der Waals surface area contributed by atoms with E-state index >= 15 is 0 Å². The van der Waals surface area contributed by atoms with Gasteiger partial charge in [0.05, 0.1) is 23.4 Å². The Kier molecular flexibility index (Phi) is 5.38. The number of carbonyl (C=O) groups is 1.